The summed E-state index contributed by atoms with van der Waals surface area (Å²) in [5, 5.41) is 0. The van der Waals surface area contributed by atoms with Crippen LogP contribution < -0.4 is 4.74 Å². The van der Waals surface area contributed by atoms with Crippen molar-refractivity contribution in [3.05, 3.63) is 54.4 Å². The zero-order chi connectivity index (χ0) is 15.0. The third-order valence-electron chi connectivity index (χ3n) is 3.64. The third-order valence-corrected chi connectivity index (χ3v) is 3.64. The second-order valence-corrected chi connectivity index (χ2v) is 6.22. The lowest BCUT2D eigenvalue weighted by atomic mass is 9.91. The van der Waals surface area contributed by atoms with E-state index in [0.717, 1.165) is 22.7 Å². The van der Waals surface area contributed by atoms with E-state index in [1.807, 2.05) is 30.3 Å². The average Bonchev–Trinajstić information content (AvgIpc) is 2.89. The Labute approximate surface area is 125 Å². The summed E-state index contributed by atoms with van der Waals surface area (Å²) in [5.74, 6) is 0.846. The maximum absolute atomic E-state index is 5.44. The number of ether oxygens (including phenoxy) is 1. The average molecular weight is 280 g/mol. The van der Waals surface area contributed by atoms with E-state index in [2.05, 4.69) is 43.5 Å². The van der Waals surface area contributed by atoms with E-state index < -0.39 is 0 Å². The van der Waals surface area contributed by atoms with Crippen LogP contribution in [-0.2, 0) is 5.41 Å². The first-order chi connectivity index (χ1) is 10.0. The second-order valence-electron chi connectivity index (χ2n) is 6.22. The van der Waals surface area contributed by atoms with Gasteiger partial charge in [-0.2, -0.15) is 0 Å². The SMILES string of the molecule is COc1ccccc1-c1cn2c(C(C)(C)C)cccc2n1. The Morgan fingerprint density at radius 1 is 1.00 bits per heavy atom. The Kier molecular flexibility index (Phi) is 3.20. The van der Waals surface area contributed by atoms with Crippen molar-refractivity contribution in [3.63, 3.8) is 0 Å². The predicted octanol–water partition coefficient (Wildman–Crippen LogP) is 4.31. The molecule has 1 aromatic carbocycles. The number of pyridine rings is 1. The van der Waals surface area contributed by atoms with Crippen molar-refractivity contribution in [2.45, 2.75) is 26.2 Å². The van der Waals surface area contributed by atoms with E-state index in [4.69, 9.17) is 9.72 Å². The molecule has 21 heavy (non-hydrogen) atoms. The van der Waals surface area contributed by atoms with Crippen LogP contribution in [0.15, 0.2) is 48.7 Å². The molecule has 0 saturated heterocycles. The van der Waals surface area contributed by atoms with Crippen molar-refractivity contribution in [3.8, 4) is 17.0 Å². The lowest BCUT2D eigenvalue weighted by Gasteiger charge is -2.20. The molecule has 0 atom stereocenters. The molecule has 0 saturated carbocycles. The minimum absolute atomic E-state index is 0.0677. The summed E-state index contributed by atoms with van der Waals surface area (Å²) >= 11 is 0. The molecule has 0 bridgehead atoms. The molecule has 0 amide bonds. The summed E-state index contributed by atoms with van der Waals surface area (Å²) in [4.78, 5) is 4.75. The first kappa shape index (κ1) is 13.7. The third kappa shape index (κ3) is 2.40. The van der Waals surface area contributed by atoms with Gasteiger partial charge in [-0.15, -0.1) is 0 Å². The van der Waals surface area contributed by atoms with Crippen LogP contribution in [0.2, 0.25) is 0 Å². The highest BCUT2D eigenvalue weighted by Crippen LogP contribution is 2.31. The van der Waals surface area contributed by atoms with E-state index in [-0.39, 0.29) is 5.41 Å². The van der Waals surface area contributed by atoms with Gasteiger partial charge in [-0.05, 0) is 24.3 Å². The normalized spacial score (nSPS) is 11.8. The van der Waals surface area contributed by atoms with Gasteiger partial charge >= 0.3 is 0 Å². The fraction of sp³-hybridized carbons (Fsp3) is 0.278. The minimum atomic E-state index is 0.0677. The number of nitrogens with zero attached hydrogens (tertiary/aromatic N) is 2. The van der Waals surface area contributed by atoms with Crippen molar-refractivity contribution in [2.75, 3.05) is 7.11 Å². The predicted molar refractivity (Wildman–Crippen MR) is 85.9 cm³/mol. The summed E-state index contributed by atoms with van der Waals surface area (Å²) in [6.45, 7) is 6.64. The molecule has 2 heterocycles. The smallest absolute Gasteiger partial charge is 0.137 e. The van der Waals surface area contributed by atoms with Crippen LogP contribution in [0.3, 0.4) is 0 Å². The van der Waals surface area contributed by atoms with Gasteiger partial charge in [-0.1, -0.05) is 39.0 Å². The van der Waals surface area contributed by atoms with E-state index in [0.29, 0.717) is 0 Å². The molecule has 3 aromatic rings. The van der Waals surface area contributed by atoms with Crippen molar-refractivity contribution < 1.29 is 4.74 Å². The van der Waals surface area contributed by atoms with E-state index in [1.165, 1.54) is 5.69 Å². The van der Waals surface area contributed by atoms with Gasteiger partial charge < -0.3 is 9.14 Å². The molecule has 0 aliphatic rings. The molecule has 108 valence electrons. The number of benzene rings is 1. The molecule has 3 nitrogen and oxygen atoms in total. The van der Waals surface area contributed by atoms with Crippen LogP contribution in [0.25, 0.3) is 16.9 Å². The molecule has 3 heteroatoms. The van der Waals surface area contributed by atoms with Crippen LogP contribution in [-0.4, -0.2) is 16.5 Å². The molecule has 0 radical (unpaired) electrons. The fourth-order valence-electron chi connectivity index (χ4n) is 2.61. The van der Waals surface area contributed by atoms with Crippen LogP contribution in [0, 0.1) is 0 Å². The quantitative estimate of drug-likeness (QED) is 0.699. The number of fused-ring (bicyclic) bond motifs is 1. The molecule has 0 aliphatic carbocycles. The van der Waals surface area contributed by atoms with Crippen molar-refractivity contribution >= 4 is 5.65 Å². The van der Waals surface area contributed by atoms with Crippen molar-refractivity contribution in [2.24, 2.45) is 0 Å². The summed E-state index contributed by atoms with van der Waals surface area (Å²) in [5.41, 5.74) is 4.22. The van der Waals surface area contributed by atoms with Gasteiger partial charge in [0, 0.05) is 22.9 Å². The lowest BCUT2D eigenvalue weighted by molar-refractivity contribution is 0.416. The fourth-order valence-corrected chi connectivity index (χ4v) is 2.61. The number of hydrogen-bond donors (Lipinski definition) is 0. The highest BCUT2D eigenvalue weighted by atomic mass is 16.5. The van der Waals surface area contributed by atoms with Gasteiger partial charge in [0.15, 0.2) is 0 Å². The van der Waals surface area contributed by atoms with Gasteiger partial charge in [0.2, 0.25) is 0 Å². The van der Waals surface area contributed by atoms with E-state index in [1.54, 1.807) is 7.11 Å². The molecule has 3 rings (SSSR count). The Morgan fingerprint density at radius 2 is 1.76 bits per heavy atom. The largest absolute Gasteiger partial charge is 0.496 e. The highest BCUT2D eigenvalue weighted by molar-refractivity contribution is 5.69. The molecular weight excluding hydrogens is 260 g/mol. The first-order valence-corrected chi connectivity index (χ1v) is 7.13. The van der Waals surface area contributed by atoms with Crippen LogP contribution >= 0.6 is 0 Å². The van der Waals surface area contributed by atoms with Gasteiger partial charge in [-0.25, -0.2) is 4.98 Å². The van der Waals surface area contributed by atoms with Gasteiger partial charge in [-0.3, -0.25) is 0 Å². The standard InChI is InChI=1S/C18H20N2O/c1-18(2,3)16-10-7-11-17-19-14(12-20(16)17)13-8-5-6-9-15(13)21-4/h5-12H,1-4H3. The number of aromatic nitrogens is 2. The zero-order valence-electron chi connectivity index (χ0n) is 12.9. The summed E-state index contributed by atoms with van der Waals surface area (Å²) < 4.78 is 7.61. The summed E-state index contributed by atoms with van der Waals surface area (Å²) in [6, 6.07) is 14.2. The van der Waals surface area contributed by atoms with Crippen LogP contribution in [0.1, 0.15) is 26.5 Å². The number of methoxy groups -OCH3 is 1. The lowest BCUT2D eigenvalue weighted by Crippen LogP contribution is -2.15. The Bertz CT molecular complexity index is 781. The van der Waals surface area contributed by atoms with Crippen LogP contribution in [0.5, 0.6) is 5.75 Å². The minimum Gasteiger partial charge on any atom is -0.496 e. The Balaban J connectivity index is 2.23. The zero-order valence-corrected chi connectivity index (χ0v) is 12.9. The Hall–Kier alpha value is -2.29. The second kappa shape index (κ2) is 4.92. The van der Waals surface area contributed by atoms with Gasteiger partial charge in [0.1, 0.15) is 11.4 Å². The molecule has 0 unspecified atom stereocenters. The molecule has 0 spiro atoms. The Morgan fingerprint density at radius 3 is 2.48 bits per heavy atom. The van der Waals surface area contributed by atoms with Gasteiger partial charge in [0.05, 0.1) is 12.8 Å². The molecular formula is C18H20N2O. The topological polar surface area (TPSA) is 26.5 Å². The summed E-state index contributed by atoms with van der Waals surface area (Å²) in [7, 11) is 1.69. The maximum atomic E-state index is 5.44. The number of para-hydroxylation sites is 1. The monoisotopic (exact) mass is 280 g/mol. The number of hydrogen-bond acceptors (Lipinski definition) is 2. The van der Waals surface area contributed by atoms with Gasteiger partial charge in [0.25, 0.3) is 0 Å². The molecule has 0 aliphatic heterocycles. The molecule has 0 N–H and O–H groups in total. The number of imidazole rings is 1. The first-order valence-electron chi connectivity index (χ1n) is 7.13. The van der Waals surface area contributed by atoms with Crippen LogP contribution in [0.4, 0.5) is 0 Å². The highest BCUT2D eigenvalue weighted by Gasteiger charge is 2.18. The van der Waals surface area contributed by atoms with E-state index >= 15 is 0 Å². The summed E-state index contributed by atoms with van der Waals surface area (Å²) in [6.07, 6.45) is 2.09. The molecule has 0 fully saturated rings. The van der Waals surface area contributed by atoms with Crippen molar-refractivity contribution in [1.29, 1.82) is 0 Å². The van der Waals surface area contributed by atoms with Crippen molar-refractivity contribution in [1.82, 2.24) is 9.38 Å². The molecule has 2 aromatic heterocycles. The number of rotatable bonds is 2. The maximum Gasteiger partial charge on any atom is 0.137 e. The van der Waals surface area contributed by atoms with E-state index in [9.17, 15) is 0 Å².